The molecule has 0 unspecified atom stereocenters. The van der Waals surface area contributed by atoms with Gasteiger partial charge in [0.25, 0.3) is 5.91 Å². The van der Waals surface area contributed by atoms with Crippen LogP contribution in [0.1, 0.15) is 55.3 Å². The Labute approximate surface area is 224 Å². The van der Waals surface area contributed by atoms with Gasteiger partial charge >= 0.3 is 15.2 Å². The lowest BCUT2D eigenvalue weighted by molar-refractivity contribution is -0.654. The third-order valence-corrected chi connectivity index (χ3v) is 10.3. The molecule has 1 aliphatic heterocycles. The lowest BCUT2D eigenvalue weighted by atomic mass is 9.90. The number of phenols is 2. The summed E-state index contributed by atoms with van der Waals surface area (Å²) >= 11 is 7.51. The van der Waals surface area contributed by atoms with Crippen molar-refractivity contribution < 1.29 is 28.0 Å². The largest absolute Gasteiger partial charge is 0.507 e. The fourth-order valence-corrected chi connectivity index (χ4v) is 7.92. The number of rotatable bonds is 1. The van der Waals surface area contributed by atoms with E-state index in [0.717, 1.165) is 49.9 Å². The number of anilines is 1. The van der Waals surface area contributed by atoms with Crippen molar-refractivity contribution in [3.63, 3.8) is 0 Å². The van der Waals surface area contributed by atoms with Crippen molar-refractivity contribution in [1.82, 2.24) is 4.90 Å². The van der Waals surface area contributed by atoms with Gasteiger partial charge in [-0.3, -0.25) is 4.79 Å². The second-order valence-corrected chi connectivity index (χ2v) is 12.8. The van der Waals surface area contributed by atoms with Crippen LogP contribution in [0.5, 0.6) is 11.5 Å². The molecular weight excluding hydrogens is 536 g/mol. The number of phenolic OH excluding ortho intramolecular Hbond substituents is 2. The Kier molecular flexibility index (Phi) is 7.23. The van der Waals surface area contributed by atoms with Crippen molar-refractivity contribution in [3.8, 4) is 11.5 Å². The number of thiazole rings is 1. The molecule has 1 fully saturated rings. The van der Waals surface area contributed by atoms with Gasteiger partial charge in [0, 0.05) is 18.6 Å². The van der Waals surface area contributed by atoms with Gasteiger partial charge < -0.3 is 20.8 Å². The van der Waals surface area contributed by atoms with Crippen LogP contribution in [-0.4, -0.2) is 48.1 Å². The summed E-state index contributed by atoms with van der Waals surface area (Å²) in [5.74, 6) is -0.621. The molecule has 0 atom stereocenters. The first-order chi connectivity index (χ1) is 17.7. The summed E-state index contributed by atoms with van der Waals surface area (Å²) in [4.78, 5) is 15.3. The zero-order valence-electron chi connectivity index (χ0n) is 20.2. The number of fused-ring (bicyclic) bond motifs is 5. The van der Waals surface area contributed by atoms with Crippen molar-refractivity contribution >= 4 is 54.2 Å². The maximum atomic E-state index is 13.7. The Morgan fingerprint density at radius 2 is 1.78 bits per heavy atom. The van der Waals surface area contributed by atoms with Crippen molar-refractivity contribution in [2.75, 3.05) is 11.3 Å². The number of carbonyl (C=O) groups excluding carboxylic acids is 1. The van der Waals surface area contributed by atoms with Crippen LogP contribution in [0.15, 0.2) is 35.2 Å². The molecule has 5 rings (SSSR count). The third-order valence-electron chi connectivity index (χ3n) is 7.23. The number of nitrogens with one attached hydrogen (secondary N) is 1. The van der Waals surface area contributed by atoms with Gasteiger partial charge in [-0.25, -0.2) is 4.57 Å². The molecule has 0 saturated heterocycles. The highest BCUT2D eigenvalue weighted by Gasteiger charge is 2.33. The molecule has 0 radical (unpaired) electrons. The predicted molar refractivity (Wildman–Crippen MR) is 143 cm³/mol. The summed E-state index contributed by atoms with van der Waals surface area (Å²) in [6, 6.07) is 6.92. The smallest absolute Gasteiger partial charge is 0.350 e. The van der Waals surface area contributed by atoms with E-state index in [0.29, 0.717) is 39.9 Å². The monoisotopic (exact) mass is 565 g/mol. The van der Waals surface area contributed by atoms with Crippen molar-refractivity contribution in [2.24, 2.45) is 5.73 Å². The Hall–Kier alpha value is -2.60. The summed E-state index contributed by atoms with van der Waals surface area (Å²) in [6.07, 6.45) is 5.39. The molecule has 2 aromatic carbocycles. The number of sulfonamides is 1. The summed E-state index contributed by atoms with van der Waals surface area (Å²) in [6.45, 7) is 0.950. The number of nitrogens with zero attached hydrogens (tertiary/aromatic N) is 2. The number of halogens is 1. The molecule has 0 spiro atoms. The molecular formula is C25H30ClN4O5S2+. The van der Waals surface area contributed by atoms with E-state index in [2.05, 4.69) is 4.72 Å². The standard InChI is InChI=1S/C25H29ClN4O5S2/c26-19-9-11-21(32)22-23(19)36-25-28-37(34,35)17-8-10-20(31)18(14-17)24(33)29(12-2-1-3-13-30(22)25)16-6-4-15(27)5-7-16/h8-11,14-16H,1-7,12-13,27H2,(H2,31,32,33)/p+1. The van der Waals surface area contributed by atoms with Gasteiger partial charge in [-0.15, -0.1) is 0 Å². The zero-order valence-corrected chi connectivity index (χ0v) is 22.6. The van der Waals surface area contributed by atoms with Crippen LogP contribution in [0, 0.1) is 0 Å². The average molecular weight is 566 g/mol. The molecule has 1 aliphatic carbocycles. The first kappa shape index (κ1) is 26.0. The van der Waals surface area contributed by atoms with Crippen molar-refractivity contribution in [2.45, 2.75) is 68.5 Å². The molecule has 2 bridgehead atoms. The maximum absolute atomic E-state index is 13.7. The molecule has 1 amide bonds. The van der Waals surface area contributed by atoms with Crippen LogP contribution in [0.2, 0.25) is 5.02 Å². The summed E-state index contributed by atoms with van der Waals surface area (Å²) in [5.41, 5.74) is 6.52. The molecule has 1 saturated carbocycles. The highest BCUT2D eigenvalue weighted by molar-refractivity contribution is 7.93. The van der Waals surface area contributed by atoms with E-state index in [9.17, 15) is 23.4 Å². The van der Waals surface area contributed by atoms with E-state index >= 15 is 0 Å². The van der Waals surface area contributed by atoms with Crippen molar-refractivity contribution in [1.29, 1.82) is 0 Å². The SMILES string of the molecule is NC1CCC(N2CCCCC[n+]3c(sc4c(Cl)ccc(O)c43)NS(=O)(=O)c3ccc(O)c(c3)C2=O)CC1. The van der Waals surface area contributed by atoms with Gasteiger partial charge in [-0.1, -0.05) is 11.6 Å². The Bertz CT molecular complexity index is 1450. The predicted octanol–water partition coefficient (Wildman–Crippen LogP) is 3.95. The van der Waals surface area contributed by atoms with Crippen LogP contribution in [0.3, 0.4) is 0 Å². The maximum Gasteiger partial charge on any atom is 0.350 e. The minimum atomic E-state index is -4.13. The number of aryl methyl sites for hydroxylation is 1. The van der Waals surface area contributed by atoms with Gasteiger partial charge in [0.15, 0.2) is 11.3 Å². The highest BCUT2D eigenvalue weighted by atomic mass is 35.5. The Morgan fingerprint density at radius 3 is 2.54 bits per heavy atom. The minimum absolute atomic E-state index is 0.0149. The second kappa shape index (κ2) is 10.3. The van der Waals surface area contributed by atoms with E-state index < -0.39 is 10.0 Å². The summed E-state index contributed by atoms with van der Waals surface area (Å²) in [7, 11) is -4.13. The van der Waals surface area contributed by atoms with Gasteiger partial charge in [0.05, 0.1) is 17.1 Å². The third kappa shape index (κ3) is 5.09. The quantitative estimate of drug-likeness (QED) is 0.330. The number of hydrogen-bond acceptors (Lipinski definition) is 7. The average Bonchev–Trinajstić information content (AvgIpc) is 3.22. The van der Waals surface area contributed by atoms with Gasteiger partial charge in [0.1, 0.15) is 15.3 Å². The molecule has 37 heavy (non-hydrogen) atoms. The van der Waals surface area contributed by atoms with Gasteiger partial charge in [-0.2, -0.15) is 13.1 Å². The van der Waals surface area contributed by atoms with E-state index in [1.54, 1.807) is 15.5 Å². The summed E-state index contributed by atoms with van der Waals surface area (Å²) in [5, 5.41) is 21.9. The fourth-order valence-electron chi connectivity index (χ4n) is 5.21. The molecule has 2 heterocycles. The van der Waals surface area contributed by atoms with Crippen LogP contribution in [-0.2, 0) is 16.6 Å². The Morgan fingerprint density at radius 1 is 1.05 bits per heavy atom. The number of aromatic hydroxyl groups is 2. The number of benzene rings is 2. The van der Waals surface area contributed by atoms with Crippen LogP contribution in [0.25, 0.3) is 10.2 Å². The first-order valence-corrected chi connectivity index (χ1v) is 15.1. The summed E-state index contributed by atoms with van der Waals surface area (Å²) < 4.78 is 31.8. The van der Waals surface area contributed by atoms with E-state index in [4.69, 9.17) is 17.3 Å². The molecule has 9 nitrogen and oxygen atoms in total. The topological polar surface area (TPSA) is 137 Å². The number of hydrogen-bond donors (Lipinski definition) is 4. The lowest BCUT2D eigenvalue weighted by Gasteiger charge is -2.36. The highest BCUT2D eigenvalue weighted by Crippen LogP contribution is 2.37. The van der Waals surface area contributed by atoms with E-state index in [1.807, 2.05) is 0 Å². The van der Waals surface area contributed by atoms with Crippen LogP contribution in [0.4, 0.5) is 5.13 Å². The number of carbonyl (C=O) groups is 1. The zero-order chi connectivity index (χ0) is 26.3. The van der Waals surface area contributed by atoms with Gasteiger partial charge in [0.2, 0.25) is 0 Å². The van der Waals surface area contributed by atoms with Crippen molar-refractivity contribution in [3.05, 3.63) is 40.9 Å². The van der Waals surface area contributed by atoms with Crippen LogP contribution < -0.4 is 15.0 Å². The number of amides is 1. The number of nitrogens with two attached hydrogens (primary N) is 1. The normalized spacial score (nSPS) is 22.8. The number of aromatic nitrogens is 1. The minimum Gasteiger partial charge on any atom is -0.507 e. The molecule has 5 N–H and O–H groups in total. The molecule has 2 aliphatic rings. The van der Waals surface area contributed by atoms with E-state index in [-0.39, 0.29) is 39.9 Å². The second-order valence-electron chi connectivity index (χ2n) is 9.72. The molecule has 1 aromatic heterocycles. The van der Waals surface area contributed by atoms with E-state index in [1.165, 1.54) is 24.3 Å². The molecule has 3 aromatic rings. The van der Waals surface area contributed by atoms with Crippen LogP contribution >= 0.6 is 22.9 Å². The Balaban J connectivity index is 1.58. The fraction of sp³-hybridized carbons (Fsp3) is 0.440. The molecule has 198 valence electrons. The van der Waals surface area contributed by atoms with Gasteiger partial charge in [-0.05, 0) is 86.6 Å². The molecule has 12 heteroatoms. The lowest BCUT2D eigenvalue weighted by Crippen LogP contribution is -2.45. The first-order valence-electron chi connectivity index (χ1n) is 12.4.